The molecule has 0 saturated heterocycles. The lowest BCUT2D eigenvalue weighted by Gasteiger charge is -2.18. The minimum Gasteiger partial charge on any atom is -0.294 e. The number of carbonyl (C=O) groups excluding carboxylic acids is 1. The number of nitrogens with zero attached hydrogens (tertiary/aromatic N) is 2. The molecule has 3 heteroatoms. The SMILES string of the molecule is CC(=O)N(c1ccccn1)C1CC1. The fraction of sp³-hybridized carbons (Fsp3) is 0.400. The second kappa shape index (κ2) is 3.17. The van der Waals surface area contributed by atoms with Crippen LogP contribution in [0.4, 0.5) is 5.82 Å². The summed E-state index contributed by atoms with van der Waals surface area (Å²) in [5, 5.41) is 0. The summed E-state index contributed by atoms with van der Waals surface area (Å²) in [6, 6.07) is 6.03. The summed E-state index contributed by atoms with van der Waals surface area (Å²) in [4.78, 5) is 17.3. The first-order chi connectivity index (χ1) is 6.29. The third kappa shape index (κ3) is 1.69. The molecule has 1 amide bonds. The van der Waals surface area contributed by atoms with Crippen molar-refractivity contribution in [3.8, 4) is 0 Å². The molecule has 1 aliphatic carbocycles. The molecule has 1 aromatic heterocycles. The lowest BCUT2D eigenvalue weighted by atomic mass is 10.4. The van der Waals surface area contributed by atoms with Crippen LogP contribution in [0.2, 0.25) is 0 Å². The molecule has 1 aromatic rings. The van der Waals surface area contributed by atoms with Crippen molar-refractivity contribution in [1.82, 2.24) is 4.98 Å². The maximum atomic E-state index is 11.3. The lowest BCUT2D eigenvalue weighted by Crippen LogP contribution is -2.31. The smallest absolute Gasteiger partial charge is 0.225 e. The van der Waals surface area contributed by atoms with Gasteiger partial charge in [-0.05, 0) is 25.0 Å². The highest BCUT2D eigenvalue weighted by molar-refractivity contribution is 5.91. The van der Waals surface area contributed by atoms with Gasteiger partial charge in [0.1, 0.15) is 5.82 Å². The van der Waals surface area contributed by atoms with Crippen LogP contribution in [0.15, 0.2) is 24.4 Å². The van der Waals surface area contributed by atoms with Gasteiger partial charge in [0.15, 0.2) is 0 Å². The van der Waals surface area contributed by atoms with Crippen LogP contribution in [0.3, 0.4) is 0 Å². The minimum atomic E-state index is 0.0844. The van der Waals surface area contributed by atoms with E-state index in [1.807, 2.05) is 18.2 Å². The Balaban J connectivity index is 2.25. The van der Waals surface area contributed by atoms with Gasteiger partial charge >= 0.3 is 0 Å². The quantitative estimate of drug-likeness (QED) is 0.685. The minimum absolute atomic E-state index is 0.0844. The van der Waals surface area contributed by atoms with Crippen LogP contribution < -0.4 is 4.90 Å². The van der Waals surface area contributed by atoms with E-state index in [0.29, 0.717) is 6.04 Å². The molecule has 0 N–H and O–H groups in total. The van der Waals surface area contributed by atoms with E-state index in [0.717, 1.165) is 18.7 Å². The van der Waals surface area contributed by atoms with Crippen molar-refractivity contribution in [2.24, 2.45) is 0 Å². The highest BCUT2D eigenvalue weighted by Gasteiger charge is 2.32. The molecule has 2 rings (SSSR count). The van der Waals surface area contributed by atoms with E-state index in [1.54, 1.807) is 18.0 Å². The monoisotopic (exact) mass is 176 g/mol. The Bertz CT molecular complexity index is 306. The van der Waals surface area contributed by atoms with Gasteiger partial charge in [0, 0.05) is 19.2 Å². The zero-order chi connectivity index (χ0) is 9.26. The van der Waals surface area contributed by atoms with Gasteiger partial charge in [-0.15, -0.1) is 0 Å². The topological polar surface area (TPSA) is 33.2 Å². The standard InChI is InChI=1S/C10H12N2O/c1-8(13)12(9-5-6-9)10-4-2-3-7-11-10/h2-4,7,9H,5-6H2,1H3. The first kappa shape index (κ1) is 8.23. The lowest BCUT2D eigenvalue weighted by molar-refractivity contribution is -0.116. The van der Waals surface area contributed by atoms with Gasteiger partial charge in [0.25, 0.3) is 0 Å². The van der Waals surface area contributed by atoms with Crippen LogP contribution in [0, 0.1) is 0 Å². The molecule has 1 fully saturated rings. The average molecular weight is 176 g/mol. The summed E-state index contributed by atoms with van der Waals surface area (Å²) in [5.74, 6) is 0.860. The Morgan fingerprint density at radius 1 is 1.54 bits per heavy atom. The maximum absolute atomic E-state index is 11.3. The Labute approximate surface area is 77.4 Å². The van der Waals surface area contributed by atoms with Gasteiger partial charge in [0.05, 0.1) is 0 Å². The first-order valence-electron chi connectivity index (χ1n) is 4.50. The normalized spacial score (nSPS) is 15.5. The van der Waals surface area contributed by atoms with Crippen molar-refractivity contribution >= 4 is 11.7 Å². The molecular formula is C10H12N2O. The number of pyridine rings is 1. The second-order valence-corrected chi connectivity index (χ2v) is 3.31. The van der Waals surface area contributed by atoms with E-state index in [-0.39, 0.29) is 5.91 Å². The summed E-state index contributed by atoms with van der Waals surface area (Å²) in [7, 11) is 0. The van der Waals surface area contributed by atoms with Crippen LogP contribution in [0.25, 0.3) is 0 Å². The van der Waals surface area contributed by atoms with Gasteiger partial charge in [-0.25, -0.2) is 4.98 Å². The van der Waals surface area contributed by atoms with Crippen molar-refractivity contribution in [3.05, 3.63) is 24.4 Å². The highest BCUT2D eigenvalue weighted by Crippen LogP contribution is 2.30. The number of amides is 1. The predicted molar refractivity (Wildman–Crippen MR) is 50.4 cm³/mol. The van der Waals surface area contributed by atoms with Crippen molar-refractivity contribution in [3.63, 3.8) is 0 Å². The van der Waals surface area contributed by atoms with Crippen LogP contribution >= 0.6 is 0 Å². The molecule has 1 heterocycles. The summed E-state index contributed by atoms with van der Waals surface area (Å²) in [6.07, 6.45) is 3.93. The number of carbonyl (C=O) groups is 1. The molecule has 0 spiro atoms. The van der Waals surface area contributed by atoms with E-state index in [4.69, 9.17) is 0 Å². The molecule has 1 saturated carbocycles. The number of anilines is 1. The summed E-state index contributed by atoms with van der Waals surface area (Å²) < 4.78 is 0. The van der Waals surface area contributed by atoms with E-state index in [9.17, 15) is 4.79 Å². The highest BCUT2D eigenvalue weighted by atomic mass is 16.2. The maximum Gasteiger partial charge on any atom is 0.225 e. The molecule has 3 nitrogen and oxygen atoms in total. The predicted octanol–water partition coefficient (Wildman–Crippen LogP) is 1.60. The van der Waals surface area contributed by atoms with Crippen molar-refractivity contribution in [2.75, 3.05) is 4.90 Å². The van der Waals surface area contributed by atoms with Crippen LogP contribution in [-0.2, 0) is 4.79 Å². The molecule has 0 aromatic carbocycles. The molecule has 68 valence electrons. The summed E-state index contributed by atoms with van der Waals surface area (Å²) in [5.41, 5.74) is 0. The van der Waals surface area contributed by atoms with Gasteiger partial charge in [-0.3, -0.25) is 9.69 Å². The second-order valence-electron chi connectivity index (χ2n) is 3.31. The van der Waals surface area contributed by atoms with Crippen LogP contribution in [-0.4, -0.2) is 16.9 Å². The van der Waals surface area contributed by atoms with E-state index >= 15 is 0 Å². The van der Waals surface area contributed by atoms with Crippen molar-refractivity contribution < 1.29 is 4.79 Å². The van der Waals surface area contributed by atoms with Crippen molar-refractivity contribution in [1.29, 1.82) is 0 Å². The first-order valence-corrected chi connectivity index (χ1v) is 4.50. The van der Waals surface area contributed by atoms with Crippen LogP contribution in [0.5, 0.6) is 0 Å². The number of rotatable bonds is 2. The zero-order valence-electron chi connectivity index (χ0n) is 7.60. The molecule has 0 aliphatic heterocycles. The summed E-state index contributed by atoms with van der Waals surface area (Å²) in [6.45, 7) is 1.59. The number of hydrogen-bond donors (Lipinski definition) is 0. The third-order valence-electron chi connectivity index (χ3n) is 2.15. The number of hydrogen-bond acceptors (Lipinski definition) is 2. The Morgan fingerprint density at radius 3 is 2.77 bits per heavy atom. The summed E-state index contributed by atoms with van der Waals surface area (Å²) >= 11 is 0. The van der Waals surface area contributed by atoms with E-state index < -0.39 is 0 Å². The van der Waals surface area contributed by atoms with Crippen molar-refractivity contribution in [2.45, 2.75) is 25.8 Å². The third-order valence-corrected chi connectivity index (χ3v) is 2.15. The fourth-order valence-corrected chi connectivity index (χ4v) is 1.43. The largest absolute Gasteiger partial charge is 0.294 e. The number of aromatic nitrogens is 1. The van der Waals surface area contributed by atoms with Gasteiger partial charge in [-0.1, -0.05) is 6.07 Å². The Morgan fingerprint density at radius 2 is 2.31 bits per heavy atom. The molecular weight excluding hydrogens is 164 g/mol. The Kier molecular flexibility index (Phi) is 2.00. The van der Waals surface area contributed by atoms with Gasteiger partial charge in [-0.2, -0.15) is 0 Å². The van der Waals surface area contributed by atoms with E-state index in [2.05, 4.69) is 4.98 Å². The Hall–Kier alpha value is -1.38. The average Bonchev–Trinajstić information content (AvgIpc) is 2.90. The fourth-order valence-electron chi connectivity index (χ4n) is 1.43. The molecule has 1 aliphatic rings. The molecule has 0 bridgehead atoms. The van der Waals surface area contributed by atoms with Crippen LogP contribution in [0.1, 0.15) is 19.8 Å². The van der Waals surface area contributed by atoms with Gasteiger partial charge < -0.3 is 0 Å². The molecule has 0 radical (unpaired) electrons. The molecule has 0 atom stereocenters. The van der Waals surface area contributed by atoms with E-state index in [1.165, 1.54) is 0 Å². The molecule has 0 unspecified atom stereocenters. The van der Waals surface area contributed by atoms with Gasteiger partial charge in [0.2, 0.25) is 5.91 Å². The molecule has 13 heavy (non-hydrogen) atoms. The zero-order valence-corrected chi connectivity index (χ0v) is 7.60.